The molecule has 0 aromatic carbocycles. The summed E-state index contributed by atoms with van der Waals surface area (Å²) in [6, 6.07) is 0. The fraction of sp³-hybridized carbons (Fsp3) is 0. The second-order valence-electron chi connectivity index (χ2n) is 0.816. The van der Waals surface area contributed by atoms with Gasteiger partial charge in [-0.15, -0.1) is 0 Å². The van der Waals surface area contributed by atoms with Gasteiger partial charge in [-0.1, -0.05) is 0 Å². The van der Waals surface area contributed by atoms with E-state index in [0.29, 0.717) is 0 Å². The van der Waals surface area contributed by atoms with Gasteiger partial charge in [0.15, 0.2) is 0 Å². The summed E-state index contributed by atoms with van der Waals surface area (Å²) in [4.78, 5) is 0. The Morgan fingerprint density at radius 2 is 0.529 bits per heavy atom. The molecule has 0 amide bonds. The Labute approximate surface area is 162 Å². The first-order valence-electron chi connectivity index (χ1n) is 1.33. The summed E-state index contributed by atoms with van der Waals surface area (Å²) < 4.78 is 68.2. The van der Waals surface area contributed by atoms with Crippen molar-refractivity contribution in [2.24, 2.45) is 0 Å². The molecule has 0 fully saturated rings. The molecule has 0 spiro atoms. The van der Waals surface area contributed by atoms with Crippen molar-refractivity contribution >= 4 is 20.8 Å². The van der Waals surface area contributed by atoms with Gasteiger partial charge < -0.3 is 40.1 Å². The van der Waals surface area contributed by atoms with E-state index in [4.69, 9.17) is 35.0 Å². The van der Waals surface area contributed by atoms with E-state index in [2.05, 4.69) is 0 Å². The smallest absolute Gasteiger partial charge is 0.759 e. The summed E-state index contributed by atoms with van der Waals surface area (Å²) >= 11 is 0. The van der Waals surface area contributed by atoms with Crippen LogP contribution in [0, 0.1) is 0 Å². The van der Waals surface area contributed by atoms with E-state index in [1.807, 2.05) is 0 Å². The average Bonchev–Trinajstić information content (AvgIpc) is 1.12. The number of rotatable bonds is 0. The first-order valence-corrected chi connectivity index (χ1v) is 4.00. The molecule has 12 nitrogen and oxygen atoms in total. The molecule has 96 valence electrons. The van der Waals surface area contributed by atoms with Crippen molar-refractivity contribution < 1.29 is 143 Å². The van der Waals surface area contributed by atoms with Gasteiger partial charge >= 0.3 is 86.4 Å². The largest absolute Gasteiger partial charge is 2.00 e. The second kappa shape index (κ2) is 26.9. The van der Waals surface area contributed by atoms with Crippen LogP contribution in [0.3, 0.4) is 0 Å². The minimum atomic E-state index is -5.17. The van der Waals surface area contributed by atoms with E-state index in [1.165, 1.54) is 0 Å². The van der Waals surface area contributed by atoms with Gasteiger partial charge in [-0.05, 0) is 0 Å². The van der Waals surface area contributed by atoms with Gasteiger partial charge in [0.1, 0.15) is 0 Å². The first-order chi connectivity index (χ1) is 4.00. The zero-order valence-corrected chi connectivity index (χ0v) is 18.8. The molecule has 0 radical (unpaired) electrons. The van der Waals surface area contributed by atoms with Gasteiger partial charge in [-0.25, -0.2) is 0 Å². The van der Waals surface area contributed by atoms with Crippen molar-refractivity contribution in [3.05, 3.63) is 0 Å². The summed E-state index contributed by atoms with van der Waals surface area (Å²) in [5, 5.41) is 0. The van der Waals surface area contributed by atoms with E-state index in [-0.39, 0.29) is 108 Å². The van der Waals surface area contributed by atoms with E-state index < -0.39 is 20.8 Å². The van der Waals surface area contributed by atoms with Gasteiger partial charge in [0.25, 0.3) is 0 Å². The molecule has 0 bridgehead atoms. The molecular formula is H12CdNa2O12S2+4. The summed E-state index contributed by atoms with van der Waals surface area (Å²) in [5.74, 6) is 0. The summed E-state index contributed by atoms with van der Waals surface area (Å²) in [7, 11) is -10.3. The van der Waals surface area contributed by atoms with Crippen LogP contribution in [0.5, 0.6) is 0 Å². The molecule has 12 N–H and O–H groups in total. The van der Waals surface area contributed by atoms with Gasteiger partial charge in [-0.3, -0.25) is 16.8 Å². The van der Waals surface area contributed by atoms with Crippen LogP contribution >= 0.6 is 0 Å². The first kappa shape index (κ1) is 60.5. The molecule has 0 saturated heterocycles. The van der Waals surface area contributed by atoms with Crippen molar-refractivity contribution in [1.29, 1.82) is 0 Å². The van der Waals surface area contributed by atoms with E-state index >= 15 is 0 Å². The number of hydrogen-bond donors (Lipinski definition) is 0. The molecular weight excluding hydrogens is 415 g/mol. The second-order valence-corrected chi connectivity index (χ2v) is 2.45. The standard InChI is InChI=1S/Cd.2Na.2H2O4S.4H2O/c;;;2*1-5(2,3)4;;;;/h;;;2*(H2,1,2,3,4);4*1H2/q+2;2*+1;;;;;;. The van der Waals surface area contributed by atoms with Crippen molar-refractivity contribution in [3.63, 3.8) is 0 Å². The predicted molar refractivity (Wildman–Crippen MR) is 40.4 cm³/mol. The predicted octanol–water partition coefficient (Wildman–Crippen LogP) is -12.4. The third kappa shape index (κ3) is 805. The Hall–Kier alpha value is 2.50. The Kier molecular flexibility index (Phi) is 96.0. The van der Waals surface area contributed by atoms with Gasteiger partial charge in [0.05, 0.1) is 0 Å². The zero-order valence-electron chi connectivity index (χ0n) is 9.10. The third-order valence-electron chi connectivity index (χ3n) is 0. The molecule has 0 unspecified atom stereocenters. The van der Waals surface area contributed by atoms with Crippen LogP contribution in [0.1, 0.15) is 0 Å². The molecule has 0 atom stereocenters. The fourth-order valence-electron chi connectivity index (χ4n) is 0. The van der Waals surface area contributed by atoms with Gasteiger partial charge in [-0.2, -0.15) is 0 Å². The third-order valence-corrected chi connectivity index (χ3v) is 0. The van der Waals surface area contributed by atoms with E-state index in [0.717, 1.165) is 0 Å². The van der Waals surface area contributed by atoms with E-state index in [1.54, 1.807) is 0 Å². The SMILES string of the molecule is O=S(=O)([O-])[O-].O=S(=O)([O-])[O-].[Cd+2].[Na+].[Na+].[OH3+].[OH3+].[OH3+].[OH3+]. The Bertz CT molecular complexity index is 219. The zero-order chi connectivity index (χ0) is 9.00. The van der Waals surface area contributed by atoms with Crippen LogP contribution in [-0.4, -0.2) is 35.0 Å². The topological polar surface area (TPSA) is 293 Å². The van der Waals surface area contributed by atoms with Crippen molar-refractivity contribution in [1.82, 2.24) is 0 Å². The minimum Gasteiger partial charge on any atom is -0.759 e. The molecule has 0 aromatic rings. The molecule has 0 saturated carbocycles. The van der Waals surface area contributed by atoms with Crippen molar-refractivity contribution in [2.75, 3.05) is 0 Å². The molecule has 0 aliphatic rings. The van der Waals surface area contributed by atoms with Crippen LogP contribution in [0.2, 0.25) is 0 Å². The fourth-order valence-corrected chi connectivity index (χ4v) is 0. The molecule has 0 aromatic heterocycles. The average molecular weight is 427 g/mol. The summed E-state index contributed by atoms with van der Waals surface area (Å²) in [6.07, 6.45) is 0. The quantitative estimate of drug-likeness (QED) is 0.154. The van der Waals surface area contributed by atoms with Crippen LogP contribution in [0.4, 0.5) is 0 Å². The van der Waals surface area contributed by atoms with Crippen molar-refractivity contribution in [2.45, 2.75) is 0 Å². The maximum absolute atomic E-state index is 8.52. The van der Waals surface area contributed by atoms with Crippen LogP contribution in [-0.2, 0) is 70.0 Å². The van der Waals surface area contributed by atoms with Crippen LogP contribution < -0.4 is 59.1 Å². The molecule has 0 aliphatic heterocycles. The Morgan fingerprint density at radius 1 is 0.529 bits per heavy atom. The maximum Gasteiger partial charge on any atom is 2.00 e. The van der Waals surface area contributed by atoms with Crippen LogP contribution in [0.25, 0.3) is 0 Å². The normalized spacial score (nSPS) is 6.82. The monoisotopic (exact) mass is 428 g/mol. The molecule has 0 heterocycles. The van der Waals surface area contributed by atoms with Crippen molar-refractivity contribution in [3.8, 4) is 0 Å². The Balaban J connectivity index is -0.00000000762. The molecule has 17 heteroatoms. The summed E-state index contributed by atoms with van der Waals surface area (Å²) in [5.41, 5.74) is 0. The summed E-state index contributed by atoms with van der Waals surface area (Å²) in [6.45, 7) is 0. The van der Waals surface area contributed by atoms with E-state index in [9.17, 15) is 0 Å². The molecule has 0 aliphatic carbocycles. The van der Waals surface area contributed by atoms with Crippen LogP contribution in [0.15, 0.2) is 0 Å². The van der Waals surface area contributed by atoms with Gasteiger partial charge in [0.2, 0.25) is 0 Å². The Morgan fingerprint density at radius 3 is 0.529 bits per heavy atom. The maximum atomic E-state index is 8.52. The minimum absolute atomic E-state index is 0. The molecule has 17 heavy (non-hydrogen) atoms. The molecule has 0 rings (SSSR count). The number of hydrogen-bond acceptors (Lipinski definition) is 8. The van der Waals surface area contributed by atoms with Gasteiger partial charge in [0, 0.05) is 20.8 Å².